The molecule has 7 N–H and O–H groups in total. The number of nitrogens with one attached hydrogen (secondary N) is 1. The Bertz CT molecular complexity index is 1460. The fourth-order valence-electron chi connectivity index (χ4n) is 4.02. The van der Waals surface area contributed by atoms with Gasteiger partial charge in [-0.25, -0.2) is 18.5 Å². The number of rotatable bonds is 9. The molecule has 38 heavy (non-hydrogen) atoms. The Morgan fingerprint density at radius 1 is 0.947 bits per heavy atom. The number of phosphoric acid groups is 3. The average molecular weight is 602 g/mol. The smallest absolute Gasteiger partial charge is 0.387 e. The second-order valence-electron chi connectivity index (χ2n) is 8.42. The molecule has 6 atom stereocenters. The number of aryl methyl sites for hydroxylation is 3. The molecule has 0 radical (unpaired) electrons. The van der Waals surface area contributed by atoms with E-state index in [1.165, 1.54) is 0 Å². The first-order valence-corrected chi connectivity index (χ1v) is 15.1. The molecule has 0 saturated carbocycles. The van der Waals surface area contributed by atoms with Crippen molar-refractivity contribution in [3.05, 3.63) is 61.4 Å². The highest BCUT2D eigenvalue weighted by molar-refractivity contribution is 7.66. The van der Waals surface area contributed by atoms with Gasteiger partial charge >= 0.3 is 29.2 Å². The van der Waals surface area contributed by atoms with E-state index in [0.29, 0.717) is 16.8 Å². The van der Waals surface area contributed by atoms with Crippen LogP contribution in [-0.4, -0.2) is 64.3 Å². The summed E-state index contributed by atoms with van der Waals surface area (Å²) in [5.74, 6) is 0. The van der Waals surface area contributed by atoms with Gasteiger partial charge in [-0.3, -0.25) is 18.9 Å². The van der Waals surface area contributed by atoms with Gasteiger partial charge in [-0.15, -0.1) is 0 Å². The van der Waals surface area contributed by atoms with Gasteiger partial charge in [0.1, 0.15) is 24.4 Å². The first-order chi connectivity index (χ1) is 17.3. The lowest BCUT2D eigenvalue weighted by Gasteiger charge is -2.19. The minimum absolute atomic E-state index is 0.281. The van der Waals surface area contributed by atoms with Crippen molar-refractivity contribution in [2.75, 3.05) is 6.61 Å². The summed E-state index contributed by atoms with van der Waals surface area (Å²) >= 11 is 0. The zero-order valence-corrected chi connectivity index (χ0v) is 22.6. The van der Waals surface area contributed by atoms with Crippen molar-refractivity contribution >= 4 is 23.5 Å². The number of nitrogens with zero attached hydrogens (tertiary/aromatic N) is 1. The van der Waals surface area contributed by atoms with Crippen LogP contribution in [0.2, 0.25) is 0 Å². The van der Waals surface area contributed by atoms with Gasteiger partial charge in [-0.1, -0.05) is 17.7 Å². The van der Waals surface area contributed by atoms with Crippen LogP contribution >= 0.6 is 23.5 Å². The molecule has 212 valence electrons. The maximum Gasteiger partial charge on any atom is 0.490 e. The third-order valence-corrected chi connectivity index (χ3v) is 9.14. The molecule has 1 aromatic heterocycles. The van der Waals surface area contributed by atoms with E-state index in [-0.39, 0.29) is 5.56 Å². The molecular formula is C18H25N2O15P3. The van der Waals surface area contributed by atoms with E-state index < -0.39 is 65.7 Å². The summed E-state index contributed by atoms with van der Waals surface area (Å²) in [7, 11) is -16.9. The molecule has 2 unspecified atom stereocenters. The van der Waals surface area contributed by atoms with Crippen molar-refractivity contribution in [2.45, 2.75) is 45.2 Å². The minimum atomic E-state index is -5.77. The molecule has 1 aromatic carbocycles. The van der Waals surface area contributed by atoms with E-state index in [2.05, 4.69) is 18.1 Å². The summed E-state index contributed by atoms with van der Waals surface area (Å²) in [6, 6.07) is 3.62. The summed E-state index contributed by atoms with van der Waals surface area (Å²) in [4.78, 5) is 63.2. The zero-order valence-electron chi connectivity index (χ0n) is 19.9. The fourth-order valence-corrected chi connectivity index (χ4v) is 7.05. The Kier molecular flexibility index (Phi) is 8.88. The molecule has 0 amide bonds. The molecule has 1 aliphatic rings. The van der Waals surface area contributed by atoms with Crippen LogP contribution in [0.25, 0.3) is 5.69 Å². The summed E-state index contributed by atoms with van der Waals surface area (Å²) in [5, 5.41) is 20.8. The first kappa shape index (κ1) is 30.7. The molecule has 0 aliphatic carbocycles. The first-order valence-electron chi connectivity index (χ1n) is 10.5. The van der Waals surface area contributed by atoms with E-state index >= 15 is 0 Å². The molecule has 1 aliphatic heterocycles. The second kappa shape index (κ2) is 11.0. The molecule has 3 rings (SSSR count). The molecule has 20 heteroatoms. The molecule has 17 nitrogen and oxygen atoms in total. The number of aliphatic hydroxyl groups is 2. The maximum absolute atomic E-state index is 12.6. The van der Waals surface area contributed by atoms with Gasteiger partial charge in [0.2, 0.25) is 0 Å². The van der Waals surface area contributed by atoms with Crippen LogP contribution in [0, 0.1) is 20.8 Å². The van der Waals surface area contributed by atoms with Crippen molar-refractivity contribution in [2.24, 2.45) is 0 Å². The normalized spacial score (nSPS) is 25.2. The van der Waals surface area contributed by atoms with Crippen LogP contribution in [0.3, 0.4) is 0 Å². The number of benzene rings is 1. The minimum Gasteiger partial charge on any atom is -0.387 e. The summed E-state index contributed by atoms with van der Waals surface area (Å²) in [6.07, 6.45) is -5.66. The lowest BCUT2D eigenvalue weighted by molar-refractivity contribution is -0.0228. The number of ether oxygens (including phenoxy) is 1. The lowest BCUT2D eigenvalue weighted by Crippen LogP contribution is -2.36. The highest BCUT2D eigenvalue weighted by Gasteiger charge is 2.47. The van der Waals surface area contributed by atoms with Crippen molar-refractivity contribution in [3.63, 3.8) is 0 Å². The van der Waals surface area contributed by atoms with Crippen LogP contribution in [0.5, 0.6) is 0 Å². The van der Waals surface area contributed by atoms with Crippen molar-refractivity contribution in [1.29, 1.82) is 0 Å². The maximum atomic E-state index is 12.6. The summed E-state index contributed by atoms with van der Waals surface area (Å²) in [5.41, 5.74) is 0.767. The van der Waals surface area contributed by atoms with E-state index in [9.17, 15) is 43.3 Å². The van der Waals surface area contributed by atoms with Gasteiger partial charge in [-0.2, -0.15) is 8.62 Å². The Hall–Kier alpha value is -1.81. The van der Waals surface area contributed by atoms with Gasteiger partial charge in [0.25, 0.3) is 5.56 Å². The number of H-pyrrole nitrogens is 1. The number of phosphoric ester groups is 1. The molecule has 0 spiro atoms. The van der Waals surface area contributed by atoms with Gasteiger partial charge in [0.05, 0.1) is 17.9 Å². The van der Waals surface area contributed by atoms with Crippen LogP contribution in [0.15, 0.2) is 27.9 Å². The monoisotopic (exact) mass is 602 g/mol. The SMILES string of the molecule is Cc1cc(C)c(-n2cc([C@@H]3O[C@H](COP(=O)(O)OP(=O)(O)OP(=O)(O)O)[C@@H](O)[C@H]3O)c(=O)[nH]c2=O)c(C)c1. The third kappa shape index (κ3) is 7.23. The van der Waals surface area contributed by atoms with Gasteiger partial charge in [0, 0.05) is 6.20 Å². The van der Waals surface area contributed by atoms with Gasteiger partial charge in [0.15, 0.2) is 0 Å². The fraction of sp³-hybridized carbons (Fsp3) is 0.444. The Balaban J connectivity index is 1.84. The average Bonchev–Trinajstić information content (AvgIpc) is 2.99. The largest absolute Gasteiger partial charge is 0.490 e. The van der Waals surface area contributed by atoms with Crippen molar-refractivity contribution in [3.8, 4) is 5.69 Å². The highest BCUT2D eigenvalue weighted by atomic mass is 31.3. The Morgan fingerprint density at radius 2 is 1.53 bits per heavy atom. The van der Waals surface area contributed by atoms with E-state index in [4.69, 9.17) is 14.5 Å². The molecule has 2 aromatic rings. The number of aromatic amines is 1. The molecule has 2 heterocycles. The van der Waals surface area contributed by atoms with Crippen LogP contribution < -0.4 is 11.2 Å². The van der Waals surface area contributed by atoms with E-state index in [1.807, 2.05) is 19.1 Å². The predicted octanol–water partition coefficient (Wildman–Crippen LogP) is -0.0439. The second-order valence-corrected chi connectivity index (χ2v) is 12.8. The lowest BCUT2D eigenvalue weighted by atomic mass is 10.0. The number of hydrogen-bond donors (Lipinski definition) is 7. The van der Waals surface area contributed by atoms with Crippen LogP contribution in [0.1, 0.15) is 28.4 Å². The Morgan fingerprint density at radius 3 is 2.08 bits per heavy atom. The predicted molar refractivity (Wildman–Crippen MR) is 126 cm³/mol. The number of hydrogen-bond acceptors (Lipinski definition) is 11. The van der Waals surface area contributed by atoms with Crippen LogP contribution in [-0.2, 0) is 31.6 Å². The van der Waals surface area contributed by atoms with Gasteiger partial charge in [-0.05, 0) is 31.9 Å². The van der Waals surface area contributed by atoms with E-state index in [0.717, 1.165) is 16.3 Å². The Labute approximate surface area is 213 Å². The van der Waals surface area contributed by atoms with E-state index in [1.54, 1.807) is 13.8 Å². The topological polar surface area (TPSA) is 264 Å². The van der Waals surface area contributed by atoms with Crippen molar-refractivity contribution < 1.29 is 61.4 Å². The molecule has 0 bridgehead atoms. The zero-order chi connectivity index (χ0) is 28.8. The highest BCUT2D eigenvalue weighted by Crippen LogP contribution is 2.66. The molecule has 1 fully saturated rings. The summed E-state index contributed by atoms with van der Waals surface area (Å²) in [6.45, 7) is 4.29. The molecule has 1 saturated heterocycles. The standard InChI is InChI=1S/C18H25N2O15P3/c1-8-4-9(2)13(10(3)5-8)20-6-11(17(23)19-18(20)24)16-15(22)14(21)12(33-16)7-32-37(28,29)35-38(30,31)34-36(25,26)27/h4-6,12,14-16,21-22H,7H2,1-3H3,(H,28,29)(H,30,31)(H,19,23,24)(H2,25,26,27)/t12-,14-,15-,16+/m1/s1. The van der Waals surface area contributed by atoms with Crippen molar-refractivity contribution in [1.82, 2.24) is 9.55 Å². The number of aromatic nitrogens is 2. The van der Waals surface area contributed by atoms with Gasteiger partial charge < -0.3 is 34.5 Å². The quantitative estimate of drug-likeness (QED) is 0.186. The molecular weight excluding hydrogens is 577 g/mol. The summed E-state index contributed by atoms with van der Waals surface area (Å²) < 4.78 is 52.3. The third-order valence-electron chi connectivity index (χ3n) is 5.33. The number of aliphatic hydroxyl groups excluding tert-OH is 2. The van der Waals surface area contributed by atoms with Crippen LogP contribution in [0.4, 0.5) is 0 Å².